The topological polar surface area (TPSA) is 70.7 Å². The summed E-state index contributed by atoms with van der Waals surface area (Å²) in [5, 5.41) is 5.53. The van der Waals surface area contributed by atoms with Crippen molar-refractivity contribution in [2.24, 2.45) is 0 Å². The third-order valence-corrected chi connectivity index (χ3v) is 5.02. The quantitative estimate of drug-likeness (QED) is 0.724. The summed E-state index contributed by atoms with van der Waals surface area (Å²) in [6.07, 6.45) is 0.856. The Labute approximate surface area is 174 Å². The standard InChI is InChI=1S/C22H25F2N3O3/c1-3-14(4-2)26-22(29)20-12-27(18-7-5-6-8-19(18)30-20)13-21(28)25-15-9-10-16(23)17(24)11-15/h5-11,14,20H,3-4,12-13H2,1-2H3,(H,25,28)(H,26,29). The summed E-state index contributed by atoms with van der Waals surface area (Å²) in [4.78, 5) is 27.0. The molecule has 0 saturated carbocycles. The molecule has 0 radical (unpaired) electrons. The summed E-state index contributed by atoms with van der Waals surface area (Å²) in [7, 11) is 0. The van der Waals surface area contributed by atoms with Gasteiger partial charge in [-0.05, 0) is 37.1 Å². The molecule has 0 aromatic heterocycles. The van der Waals surface area contributed by atoms with E-state index in [1.165, 1.54) is 6.07 Å². The van der Waals surface area contributed by atoms with Gasteiger partial charge in [0.15, 0.2) is 17.7 Å². The zero-order valence-corrected chi connectivity index (χ0v) is 17.0. The number of nitrogens with zero attached hydrogens (tertiary/aromatic N) is 1. The molecule has 1 atom stereocenters. The summed E-state index contributed by atoms with van der Waals surface area (Å²) in [6, 6.07) is 10.4. The SMILES string of the molecule is CCC(CC)NC(=O)C1CN(CC(=O)Nc2ccc(F)c(F)c2)c2ccccc2O1. The lowest BCUT2D eigenvalue weighted by molar-refractivity contribution is -0.129. The molecule has 1 unspecified atom stereocenters. The maximum absolute atomic E-state index is 13.4. The Hall–Kier alpha value is -3.16. The van der Waals surface area contributed by atoms with Crippen LogP contribution in [0.3, 0.4) is 0 Å². The van der Waals surface area contributed by atoms with Gasteiger partial charge in [-0.15, -0.1) is 0 Å². The van der Waals surface area contributed by atoms with Crippen LogP contribution in [0, 0.1) is 11.6 Å². The summed E-state index contributed by atoms with van der Waals surface area (Å²) in [6.45, 7) is 4.11. The summed E-state index contributed by atoms with van der Waals surface area (Å²) in [5.74, 6) is -2.17. The molecule has 1 aliphatic rings. The molecular weight excluding hydrogens is 392 g/mol. The van der Waals surface area contributed by atoms with E-state index in [4.69, 9.17) is 4.74 Å². The van der Waals surface area contributed by atoms with Crippen molar-refractivity contribution in [2.75, 3.05) is 23.3 Å². The number of benzene rings is 2. The second kappa shape index (κ2) is 9.56. The van der Waals surface area contributed by atoms with Crippen LogP contribution in [0.1, 0.15) is 26.7 Å². The number of halogens is 2. The lowest BCUT2D eigenvalue weighted by atomic mass is 10.1. The molecule has 6 nitrogen and oxygen atoms in total. The van der Waals surface area contributed by atoms with Gasteiger partial charge >= 0.3 is 0 Å². The van der Waals surface area contributed by atoms with Gasteiger partial charge in [-0.2, -0.15) is 0 Å². The number of ether oxygens (including phenoxy) is 1. The first-order valence-corrected chi connectivity index (χ1v) is 9.97. The number of anilines is 2. The van der Waals surface area contributed by atoms with Gasteiger partial charge in [-0.3, -0.25) is 9.59 Å². The molecule has 0 spiro atoms. The Morgan fingerprint density at radius 1 is 1.13 bits per heavy atom. The minimum Gasteiger partial charge on any atom is -0.477 e. The molecule has 0 bridgehead atoms. The van der Waals surface area contributed by atoms with Crippen LogP contribution in [0.4, 0.5) is 20.2 Å². The fourth-order valence-electron chi connectivity index (χ4n) is 3.33. The van der Waals surface area contributed by atoms with Crippen molar-refractivity contribution < 1.29 is 23.1 Å². The summed E-state index contributed by atoms with van der Waals surface area (Å²) < 4.78 is 32.3. The first kappa shape index (κ1) is 21.5. The van der Waals surface area contributed by atoms with E-state index in [-0.39, 0.29) is 30.7 Å². The maximum atomic E-state index is 13.4. The zero-order chi connectivity index (χ0) is 21.7. The maximum Gasteiger partial charge on any atom is 0.263 e. The highest BCUT2D eigenvalue weighted by Gasteiger charge is 2.32. The Bertz CT molecular complexity index is 918. The van der Waals surface area contributed by atoms with Crippen LogP contribution in [-0.2, 0) is 9.59 Å². The highest BCUT2D eigenvalue weighted by Crippen LogP contribution is 2.33. The average Bonchev–Trinajstić information content (AvgIpc) is 2.74. The Balaban J connectivity index is 1.72. The number of nitrogens with one attached hydrogen (secondary N) is 2. The molecule has 1 aliphatic heterocycles. The van der Waals surface area contributed by atoms with Crippen LogP contribution in [0.15, 0.2) is 42.5 Å². The lowest BCUT2D eigenvalue weighted by Gasteiger charge is -2.35. The Morgan fingerprint density at radius 3 is 2.57 bits per heavy atom. The number of hydrogen-bond donors (Lipinski definition) is 2. The first-order valence-electron chi connectivity index (χ1n) is 9.97. The minimum atomic E-state index is -1.04. The van der Waals surface area contributed by atoms with Gasteiger partial charge in [0.05, 0.1) is 18.8 Å². The van der Waals surface area contributed by atoms with Gasteiger partial charge in [-0.1, -0.05) is 26.0 Å². The van der Waals surface area contributed by atoms with Gasteiger partial charge in [0.25, 0.3) is 5.91 Å². The third kappa shape index (κ3) is 5.06. The van der Waals surface area contributed by atoms with Gasteiger partial charge < -0.3 is 20.3 Å². The van der Waals surface area contributed by atoms with Crippen molar-refractivity contribution in [1.82, 2.24) is 5.32 Å². The molecule has 0 saturated heterocycles. The third-order valence-electron chi connectivity index (χ3n) is 5.02. The molecule has 1 heterocycles. The van der Waals surface area contributed by atoms with E-state index < -0.39 is 23.6 Å². The summed E-state index contributed by atoms with van der Waals surface area (Å²) in [5.41, 5.74) is 0.841. The van der Waals surface area contributed by atoms with E-state index >= 15 is 0 Å². The predicted octanol–water partition coefficient (Wildman–Crippen LogP) is 3.48. The lowest BCUT2D eigenvalue weighted by Crippen LogP contribution is -2.52. The van der Waals surface area contributed by atoms with E-state index in [9.17, 15) is 18.4 Å². The molecule has 0 fully saturated rings. The van der Waals surface area contributed by atoms with E-state index in [1.807, 2.05) is 19.9 Å². The second-order valence-corrected chi connectivity index (χ2v) is 7.15. The van der Waals surface area contributed by atoms with Gasteiger partial charge in [0.2, 0.25) is 5.91 Å². The molecule has 0 aliphatic carbocycles. The highest BCUT2D eigenvalue weighted by molar-refractivity contribution is 5.95. The van der Waals surface area contributed by atoms with E-state index in [1.54, 1.807) is 23.1 Å². The van der Waals surface area contributed by atoms with Gasteiger partial charge in [0.1, 0.15) is 5.75 Å². The average molecular weight is 417 g/mol. The zero-order valence-electron chi connectivity index (χ0n) is 17.0. The predicted molar refractivity (Wildman–Crippen MR) is 111 cm³/mol. The molecule has 8 heteroatoms. The Morgan fingerprint density at radius 2 is 1.87 bits per heavy atom. The van der Waals surface area contributed by atoms with Crippen LogP contribution < -0.4 is 20.3 Å². The van der Waals surface area contributed by atoms with Crippen LogP contribution >= 0.6 is 0 Å². The minimum absolute atomic E-state index is 0.0587. The van der Waals surface area contributed by atoms with Crippen molar-refractivity contribution in [2.45, 2.75) is 38.8 Å². The molecule has 160 valence electrons. The number of hydrogen-bond acceptors (Lipinski definition) is 4. The van der Waals surface area contributed by atoms with E-state index in [0.29, 0.717) is 11.4 Å². The molecule has 30 heavy (non-hydrogen) atoms. The number of para-hydroxylation sites is 2. The Kier molecular flexibility index (Phi) is 6.87. The molecule has 2 amide bonds. The molecule has 2 aromatic carbocycles. The number of amides is 2. The number of carbonyl (C=O) groups is 2. The van der Waals surface area contributed by atoms with Crippen LogP contribution in [-0.4, -0.2) is 37.0 Å². The van der Waals surface area contributed by atoms with Crippen LogP contribution in [0.5, 0.6) is 5.75 Å². The number of rotatable bonds is 7. The fourth-order valence-corrected chi connectivity index (χ4v) is 3.33. The van der Waals surface area contributed by atoms with E-state index in [2.05, 4.69) is 10.6 Å². The monoisotopic (exact) mass is 417 g/mol. The first-order chi connectivity index (χ1) is 14.4. The van der Waals surface area contributed by atoms with Gasteiger partial charge in [0, 0.05) is 17.8 Å². The molecule has 2 aromatic rings. The normalized spacial score (nSPS) is 15.4. The highest BCUT2D eigenvalue weighted by atomic mass is 19.2. The fraction of sp³-hybridized carbons (Fsp3) is 0.364. The van der Waals surface area contributed by atoms with Gasteiger partial charge in [-0.25, -0.2) is 8.78 Å². The molecule has 3 rings (SSSR count). The smallest absolute Gasteiger partial charge is 0.263 e. The molecular formula is C22H25F2N3O3. The second-order valence-electron chi connectivity index (χ2n) is 7.15. The van der Waals surface area contributed by atoms with Crippen molar-refractivity contribution in [1.29, 1.82) is 0 Å². The van der Waals surface area contributed by atoms with E-state index in [0.717, 1.165) is 25.0 Å². The van der Waals surface area contributed by atoms with Crippen molar-refractivity contribution >= 4 is 23.2 Å². The van der Waals surface area contributed by atoms with Crippen molar-refractivity contribution in [3.63, 3.8) is 0 Å². The summed E-state index contributed by atoms with van der Waals surface area (Å²) >= 11 is 0. The van der Waals surface area contributed by atoms with Crippen LogP contribution in [0.2, 0.25) is 0 Å². The molecule has 2 N–H and O–H groups in total. The number of carbonyl (C=O) groups excluding carboxylic acids is 2. The van der Waals surface area contributed by atoms with Crippen molar-refractivity contribution in [3.8, 4) is 5.75 Å². The largest absolute Gasteiger partial charge is 0.477 e. The number of fused-ring (bicyclic) bond motifs is 1. The van der Waals surface area contributed by atoms with Crippen LogP contribution in [0.25, 0.3) is 0 Å². The van der Waals surface area contributed by atoms with Crippen molar-refractivity contribution in [3.05, 3.63) is 54.1 Å².